The number of rotatable bonds is 5. The number of nitrogens with zero attached hydrogens (tertiary/aromatic N) is 2. The number of nitrogens with one attached hydrogen (secondary N) is 1. The van der Waals surface area contributed by atoms with E-state index in [1.807, 2.05) is 13.2 Å². The van der Waals surface area contributed by atoms with E-state index < -0.39 is 0 Å². The van der Waals surface area contributed by atoms with Crippen molar-refractivity contribution in [2.75, 3.05) is 19.0 Å². The van der Waals surface area contributed by atoms with Crippen LogP contribution < -0.4 is 10.2 Å². The molecule has 0 saturated carbocycles. The average Bonchev–Trinajstić information content (AvgIpc) is 2.42. The summed E-state index contributed by atoms with van der Waals surface area (Å²) in [5.74, 6) is 1.02. The van der Waals surface area contributed by atoms with Gasteiger partial charge in [-0.2, -0.15) is 0 Å². The first kappa shape index (κ1) is 15.0. The van der Waals surface area contributed by atoms with Gasteiger partial charge in [0.2, 0.25) is 0 Å². The third-order valence-electron chi connectivity index (χ3n) is 3.18. The SMILES string of the molecule is CNCc1cc(Br)cnc1N(C)Cc1ccc(C)cc1. The minimum atomic E-state index is 0.806. The van der Waals surface area contributed by atoms with E-state index in [9.17, 15) is 0 Å². The van der Waals surface area contributed by atoms with Crippen LogP contribution in [-0.4, -0.2) is 19.1 Å². The van der Waals surface area contributed by atoms with Crippen LogP contribution in [0.15, 0.2) is 41.0 Å². The maximum atomic E-state index is 4.55. The van der Waals surface area contributed by atoms with Crippen molar-refractivity contribution < 1.29 is 0 Å². The molecule has 0 atom stereocenters. The number of hydrogen-bond donors (Lipinski definition) is 1. The van der Waals surface area contributed by atoms with Crippen LogP contribution in [0.5, 0.6) is 0 Å². The zero-order valence-electron chi connectivity index (χ0n) is 12.2. The number of pyridine rings is 1. The number of aromatic nitrogens is 1. The summed E-state index contributed by atoms with van der Waals surface area (Å²) in [4.78, 5) is 6.73. The second-order valence-electron chi connectivity index (χ2n) is 5.01. The minimum Gasteiger partial charge on any atom is -0.355 e. The third kappa shape index (κ3) is 3.81. The molecule has 2 rings (SSSR count). The number of anilines is 1. The van der Waals surface area contributed by atoms with E-state index in [4.69, 9.17) is 0 Å². The highest BCUT2D eigenvalue weighted by Crippen LogP contribution is 2.22. The van der Waals surface area contributed by atoms with Crippen LogP contribution >= 0.6 is 15.9 Å². The summed E-state index contributed by atoms with van der Waals surface area (Å²) in [6, 6.07) is 10.7. The highest BCUT2D eigenvalue weighted by Gasteiger charge is 2.10. The van der Waals surface area contributed by atoms with Gasteiger partial charge in [0.05, 0.1) is 0 Å². The molecule has 0 fully saturated rings. The van der Waals surface area contributed by atoms with Crippen molar-refractivity contribution in [1.82, 2.24) is 10.3 Å². The Balaban J connectivity index is 2.19. The Labute approximate surface area is 129 Å². The normalized spacial score (nSPS) is 10.6. The lowest BCUT2D eigenvalue weighted by molar-refractivity contribution is 0.794. The predicted octanol–water partition coefficient (Wildman–Crippen LogP) is 3.51. The van der Waals surface area contributed by atoms with E-state index in [0.29, 0.717) is 0 Å². The lowest BCUT2D eigenvalue weighted by Crippen LogP contribution is -2.21. The van der Waals surface area contributed by atoms with E-state index in [1.165, 1.54) is 16.7 Å². The molecule has 1 heterocycles. The fourth-order valence-electron chi connectivity index (χ4n) is 2.18. The first-order valence-electron chi connectivity index (χ1n) is 6.66. The molecule has 0 amide bonds. The van der Waals surface area contributed by atoms with Crippen molar-refractivity contribution in [3.63, 3.8) is 0 Å². The summed E-state index contributed by atoms with van der Waals surface area (Å²) in [5.41, 5.74) is 3.77. The topological polar surface area (TPSA) is 28.2 Å². The minimum absolute atomic E-state index is 0.806. The van der Waals surface area contributed by atoms with Gasteiger partial charge in [0.15, 0.2) is 0 Å². The van der Waals surface area contributed by atoms with E-state index in [1.54, 1.807) is 0 Å². The predicted molar refractivity (Wildman–Crippen MR) is 88.0 cm³/mol. The molecule has 0 aliphatic carbocycles. The molecule has 0 saturated heterocycles. The molecule has 20 heavy (non-hydrogen) atoms. The van der Waals surface area contributed by atoms with Crippen LogP contribution in [0.3, 0.4) is 0 Å². The van der Waals surface area contributed by atoms with Gasteiger partial charge in [-0.25, -0.2) is 4.98 Å². The van der Waals surface area contributed by atoms with Crippen molar-refractivity contribution in [1.29, 1.82) is 0 Å². The molecule has 0 radical (unpaired) electrons. The van der Waals surface area contributed by atoms with Crippen molar-refractivity contribution >= 4 is 21.7 Å². The van der Waals surface area contributed by atoms with Gasteiger partial charge in [0.1, 0.15) is 5.82 Å². The third-order valence-corrected chi connectivity index (χ3v) is 3.61. The number of hydrogen-bond acceptors (Lipinski definition) is 3. The van der Waals surface area contributed by atoms with Crippen LogP contribution in [0.4, 0.5) is 5.82 Å². The standard InChI is InChI=1S/C16H20BrN3/c1-12-4-6-13(7-5-12)11-20(3)16-14(9-18-2)8-15(17)10-19-16/h4-8,10,18H,9,11H2,1-3H3. The molecule has 4 heteroatoms. The van der Waals surface area contributed by atoms with Crippen LogP contribution in [0.2, 0.25) is 0 Å². The molecule has 0 unspecified atom stereocenters. The van der Waals surface area contributed by atoms with E-state index >= 15 is 0 Å². The molecule has 106 valence electrons. The molecule has 2 aromatic rings. The molecule has 0 aliphatic rings. The summed E-state index contributed by atoms with van der Waals surface area (Å²) in [6.07, 6.45) is 1.85. The van der Waals surface area contributed by atoms with Gasteiger partial charge >= 0.3 is 0 Å². The van der Waals surface area contributed by atoms with Gasteiger partial charge in [0, 0.05) is 36.4 Å². The Morgan fingerprint density at radius 1 is 1.25 bits per heavy atom. The summed E-state index contributed by atoms with van der Waals surface area (Å²) in [6.45, 7) is 3.76. The molecule has 1 aromatic carbocycles. The van der Waals surface area contributed by atoms with Crippen molar-refractivity contribution in [2.45, 2.75) is 20.0 Å². The fraction of sp³-hybridized carbons (Fsp3) is 0.312. The number of benzene rings is 1. The Morgan fingerprint density at radius 2 is 1.95 bits per heavy atom. The van der Waals surface area contributed by atoms with Crippen LogP contribution in [0.1, 0.15) is 16.7 Å². The van der Waals surface area contributed by atoms with Gasteiger partial charge < -0.3 is 10.2 Å². The number of halogens is 1. The second kappa shape index (κ2) is 6.86. The molecule has 0 aliphatic heterocycles. The maximum absolute atomic E-state index is 4.55. The maximum Gasteiger partial charge on any atom is 0.133 e. The molecular weight excluding hydrogens is 314 g/mol. The Morgan fingerprint density at radius 3 is 2.60 bits per heavy atom. The molecule has 0 bridgehead atoms. The van der Waals surface area contributed by atoms with Gasteiger partial charge in [-0.1, -0.05) is 29.8 Å². The summed E-state index contributed by atoms with van der Waals surface area (Å²) >= 11 is 3.48. The van der Waals surface area contributed by atoms with Crippen molar-refractivity contribution in [3.8, 4) is 0 Å². The highest BCUT2D eigenvalue weighted by atomic mass is 79.9. The molecule has 0 spiro atoms. The zero-order chi connectivity index (χ0) is 14.5. The van der Waals surface area contributed by atoms with Gasteiger partial charge in [-0.3, -0.25) is 0 Å². The Bertz CT molecular complexity index is 566. The second-order valence-corrected chi connectivity index (χ2v) is 5.92. The Kier molecular flexibility index (Phi) is 5.15. The van der Waals surface area contributed by atoms with Gasteiger partial charge in [-0.15, -0.1) is 0 Å². The Hall–Kier alpha value is -1.39. The average molecular weight is 334 g/mol. The molecule has 1 N–H and O–H groups in total. The molecular formula is C16H20BrN3. The monoisotopic (exact) mass is 333 g/mol. The van der Waals surface area contributed by atoms with Crippen LogP contribution in [0.25, 0.3) is 0 Å². The molecule has 1 aromatic heterocycles. The first-order valence-corrected chi connectivity index (χ1v) is 7.45. The summed E-state index contributed by atoms with van der Waals surface area (Å²) in [7, 11) is 4.03. The van der Waals surface area contributed by atoms with E-state index in [0.717, 1.165) is 23.4 Å². The van der Waals surface area contributed by atoms with E-state index in [-0.39, 0.29) is 0 Å². The van der Waals surface area contributed by atoms with Crippen LogP contribution in [-0.2, 0) is 13.1 Å². The lowest BCUT2D eigenvalue weighted by Gasteiger charge is -2.21. The highest BCUT2D eigenvalue weighted by molar-refractivity contribution is 9.10. The largest absolute Gasteiger partial charge is 0.355 e. The first-order chi connectivity index (χ1) is 9.60. The van der Waals surface area contributed by atoms with Gasteiger partial charge in [0.25, 0.3) is 0 Å². The smallest absolute Gasteiger partial charge is 0.133 e. The lowest BCUT2D eigenvalue weighted by atomic mass is 10.1. The summed E-state index contributed by atoms with van der Waals surface area (Å²) in [5, 5.41) is 3.19. The quantitative estimate of drug-likeness (QED) is 0.907. The number of aryl methyl sites for hydroxylation is 1. The van der Waals surface area contributed by atoms with Gasteiger partial charge in [-0.05, 0) is 41.5 Å². The zero-order valence-corrected chi connectivity index (χ0v) is 13.7. The van der Waals surface area contributed by atoms with Crippen molar-refractivity contribution in [3.05, 3.63) is 57.7 Å². The van der Waals surface area contributed by atoms with Crippen LogP contribution in [0, 0.1) is 6.92 Å². The van der Waals surface area contributed by atoms with Crippen molar-refractivity contribution in [2.24, 2.45) is 0 Å². The summed E-state index contributed by atoms with van der Waals surface area (Å²) < 4.78 is 1.01. The van der Waals surface area contributed by atoms with E-state index in [2.05, 4.69) is 75.4 Å². The molecule has 3 nitrogen and oxygen atoms in total. The fourth-order valence-corrected chi connectivity index (χ4v) is 2.56.